The van der Waals surface area contributed by atoms with Crippen molar-refractivity contribution in [1.29, 1.82) is 0 Å². The van der Waals surface area contributed by atoms with Crippen LogP contribution in [0.25, 0.3) is 0 Å². The summed E-state index contributed by atoms with van der Waals surface area (Å²) in [4.78, 5) is 36.3. The van der Waals surface area contributed by atoms with Crippen LogP contribution in [-0.2, 0) is 30.4 Å². The van der Waals surface area contributed by atoms with Crippen molar-refractivity contribution >= 4 is 42.0 Å². The summed E-state index contributed by atoms with van der Waals surface area (Å²) in [6.45, 7) is 9.54. The van der Waals surface area contributed by atoms with Crippen LogP contribution in [-0.4, -0.2) is 55.4 Å². The summed E-state index contributed by atoms with van der Waals surface area (Å²) in [5.74, 6) is -0.993. The molecule has 0 radical (unpaired) electrons. The van der Waals surface area contributed by atoms with E-state index in [1.165, 1.54) is 6.08 Å². The molecular formula is C24H37Cl2N3O6. The molecule has 4 N–H and O–H groups in total. The fraction of sp³-hybridized carbons (Fsp3) is 0.542. The number of nitrogens with one attached hydrogen (secondary N) is 2. The number of halogens is 2. The summed E-state index contributed by atoms with van der Waals surface area (Å²) in [5, 5.41) is 6.18. The summed E-state index contributed by atoms with van der Waals surface area (Å²) in [6, 6.07) is 5.61. The van der Waals surface area contributed by atoms with Crippen molar-refractivity contribution in [2.75, 3.05) is 19.7 Å². The zero-order chi connectivity index (χ0) is 25.6. The van der Waals surface area contributed by atoms with E-state index in [0.29, 0.717) is 36.4 Å². The number of ether oxygens (including phenoxy) is 3. The molecule has 1 aromatic carbocycles. The van der Waals surface area contributed by atoms with E-state index in [1.807, 2.05) is 0 Å². The molecule has 0 aliphatic carbocycles. The number of hydrogen-bond acceptors (Lipinski definition) is 8. The third-order valence-electron chi connectivity index (χ3n) is 4.45. The Balaban J connectivity index is 0.0000116. The van der Waals surface area contributed by atoms with Gasteiger partial charge in [0.1, 0.15) is 30.9 Å². The number of benzene rings is 1. The van der Waals surface area contributed by atoms with E-state index in [2.05, 4.69) is 17.2 Å². The van der Waals surface area contributed by atoms with Crippen LogP contribution in [0.3, 0.4) is 0 Å². The van der Waals surface area contributed by atoms with Crippen LogP contribution in [0.15, 0.2) is 36.9 Å². The first-order chi connectivity index (χ1) is 16.0. The quantitative estimate of drug-likeness (QED) is 0.143. The number of alkyl carbamates (subject to hydrolysis) is 1. The molecule has 1 unspecified atom stereocenters. The number of amides is 1. The summed E-state index contributed by atoms with van der Waals surface area (Å²) in [7, 11) is 0. The van der Waals surface area contributed by atoms with Crippen molar-refractivity contribution in [2.45, 2.75) is 64.3 Å². The first-order valence-electron chi connectivity index (χ1n) is 11.2. The smallest absolute Gasteiger partial charge is 0.407 e. The van der Waals surface area contributed by atoms with Crippen molar-refractivity contribution in [2.24, 2.45) is 5.73 Å². The monoisotopic (exact) mass is 533 g/mol. The Labute approximate surface area is 218 Å². The highest BCUT2D eigenvalue weighted by molar-refractivity contribution is 6.31. The van der Waals surface area contributed by atoms with Gasteiger partial charge in [-0.2, -0.15) is 0 Å². The molecule has 0 saturated heterocycles. The van der Waals surface area contributed by atoms with Gasteiger partial charge >= 0.3 is 18.0 Å². The Morgan fingerprint density at radius 3 is 2.43 bits per heavy atom. The van der Waals surface area contributed by atoms with Crippen molar-refractivity contribution in [3.63, 3.8) is 0 Å². The lowest BCUT2D eigenvalue weighted by Crippen LogP contribution is -2.43. The van der Waals surface area contributed by atoms with Gasteiger partial charge in [-0.05, 0) is 46.1 Å². The normalized spacial score (nSPS) is 12.5. The number of nitrogens with two attached hydrogens (primary N) is 1. The Morgan fingerprint density at radius 2 is 1.80 bits per heavy atom. The first kappa shape index (κ1) is 32.7. The highest BCUT2D eigenvalue weighted by atomic mass is 35.5. The number of rotatable bonds is 14. The lowest BCUT2D eigenvalue weighted by Gasteiger charge is -2.21. The van der Waals surface area contributed by atoms with Crippen LogP contribution in [0.5, 0.6) is 0 Å². The molecular weight excluding hydrogens is 497 g/mol. The maximum absolute atomic E-state index is 12.3. The second-order valence-corrected chi connectivity index (χ2v) is 9.00. The lowest BCUT2D eigenvalue weighted by atomic mass is 10.1. The lowest BCUT2D eigenvalue weighted by molar-refractivity contribution is -0.146. The largest absolute Gasteiger partial charge is 0.460 e. The molecule has 0 aromatic heterocycles. The summed E-state index contributed by atoms with van der Waals surface area (Å²) < 4.78 is 15.5. The van der Waals surface area contributed by atoms with Crippen molar-refractivity contribution < 1.29 is 28.6 Å². The van der Waals surface area contributed by atoms with Crippen LogP contribution in [0.1, 0.15) is 45.6 Å². The van der Waals surface area contributed by atoms with Crippen LogP contribution < -0.4 is 16.4 Å². The fourth-order valence-electron chi connectivity index (χ4n) is 2.80. The second kappa shape index (κ2) is 17.2. The van der Waals surface area contributed by atoms with Gasteiger partial charge in [0.25, 0.3) is 0 Å². The Bertz CT molecular complexity index is 817. The minimum absolute atomic E-state index is 0. The topological polar surface area (TPSA) is 129 Å². The van der Waals surface area contributed by atoms with Crippen LogP contribution in [0, 0.1) is 0 Å². The summed E-state index contributed by atoms with van der Waals surface area (Å²) >= 11 is 6.06. The van der Waals surface area contributed by atoms with Crippen molar-refractivity contribution in [1.82, 2.24) is 10.6 Å². The molecule has 0 spiro atoms. The standard InChI is InChI=1S/C24H36ClN3O6.ClH/c1-5-15-32-22(30)20(27-13-14-28-23(31)34-24(2,3)4)12-8-11-19(26)21(29)33-16-17-9-6-7-10-18(17)25;/h5-7,9-10,19-20,27H,1,8,11-16,26H2,2-4H3,(H,28,31);1H/t19?,20-;/m0./s1. The zero-order valence-electron chi connectivity index (χ0n) is 20.5. The Kier molecular flexibility index (Phi) is 16.0. The summed E-state index contributed by atoms with van der Waals surface area (Å²) in [6.07, 6.45) is 2.12. The molecule has 198 valence electrons. The van der Waals surface area contributed by atoms with Gasteiger partial charge < -0.3 is 30.6 Å². The Hall–Kier alpha value is -2.33. The molecule has 0 heterocycles. The molecule has 9 nitrogen and oxygen atoms in total. The first-order valence-corrected chi connectivity index (χ1v) is 11.5. The number of esters is 2. The number of carbonyl (C=O) groups excluding carboxylic acids is 3. The molecule has 0 fully saturated rings. The molecule has 0 aliphatic heterocycles. The average molecular weight is 534 g/mol. The van der Waals surface area contributed by atoms with E-state index in [9.17, 15) is 14.4 Å². The third-order valence-corrected chi connectivity index (χ3v) is 4.82. The molecule has 2 atom stereocenters. The molecule has 1 amide bonds. The molecule has 0 bridgehead atoms. The van der Waals surface area contributed by atoms with Crippen LogP contribution in [0.4, 0.5) is 4.79 Å². The highest BCUT2D eigenvalue weighted by Gasteiger charge is 2.22. The van der Waals surface area contributed by atoms with Gasteiger partial charge in [0.05, 0.1) is 0 Å². The van der Waals surface area contributed by atoms with Gasteiger partial charge in [-0.25, -0.2) is 4.79 Å². The molecule has 35 heavy (non-hydrogen) atoms. The van der Waals surface area contributed by atoms with E-state index in [0.717, 1.165) is 0 Å². The SMILES string of the molecule is C=CCOC(=O)[C@H](CCCC(N)C(=O)OCc1ccccc1Cl)NCCNC(=O)OC(C)(C)C.Cl. The van der Waals surface area contributed by atoms with Crippen molar-refractivity contribution in [3.05, 3.63) is 47.5 Å². The van der Waals surface area contributed by atoms with Gasteiger partial charge in [-0.1, -0.05) is 42.5 Å². The highest BCUT2D eigenvalue weighted by Crippen LogP contribution is 2.16. The number of hydrogen-bond donors (Lipinski definition) is 3. The van der Waals surface area contributed by atoms with Gasteiger partial charge in [-0.15, -0.1) is 12.4 Å². The average Bonchev–Trinajstić information content (AvgIpc) is 2.76. The van der Waals surface area contributed by atoms with Gasteiger partial charge in [-0.3, -0.25) is 9.59 Å². The maximum Gasteiger partial charge on any atom is 0.407 e. The minimum Gasteiger partial charge on any atom is -0.460 e. The van der Waals surface area contributed by atoms with Crippen LogP contribution in [0.2, 0.25) is 5.02 Å². The van der Waals surface area contributed by atoms with Gasteiger partial charge in [0.2, 0.25) is 0 Å². The van der Waals surface area contributed by atoms with Crippen molar-refractivity contribution in [3.8, 4) is 0 Å². The molecule has 0 aliphatic rings. The molecule has 11 heteroatoms. The molecule has 0 saturated carbocycles. The van der Waals surface area contributed by atoms with E-state index >= 15 is 0 Å². The van der Waals surface area contributed by atoms with Gasteiger partial charge in [0.15, 0.2) is 0 Å². The van der Waals surface area contributed by atoms with E-state index in [4.69, 9.17) is 31.5 Å². The Morgan fingerprint density at radius 1 is 1.11 bits per heavy atom. The predicted molar refractivity (Wildman–Crippen MR) is 138 cm³/mol. The second-order valence-electron chi connectivity index (χ2n) is 8.59. The van der Waals surface area contributed by atoms with E-state index < -0.39 is 35.7 Å². The third kappa shape index (κ3) is 14.6. The predicted octanol–water partition coefficient (Wildman–Crippen LogP) is 3.51. The van der Waals surface area contributed by atoms with E-state index in [1.54, 1.807) is 45.0 Å². The van der Waals surface area contributed by atoms with E-state index in [-0.39, 0.29) is 32.2 Å². The molecule has 1 aromatic rings. The van der Waals surface area contributed by atoms with Crippen LogP contribution >= 0.6 is 24.0 Å². The fourth-order valence-corrected chi connectivity index (χ4v) is 2.99. The maximum atomic E-state index is 12.3. The zero-order valence-corrected chi connectivity index (χ0v) is 22.1. The van der Waals surface area contributed by atoms with Gasteiger partial charge in [0, 0.05) is 23.7 Å². The molecule has 1 rings (SSSR count). The number of carbonyl (C=O) groups is 3. The minimum atomic E-state index is -0.832. The summed E-state index contributed by atoms with van der Waals surface area (Å²) in [5.41, 5.74) is 6.05.